The van der Waals surface area contributed by atoms with E-state index in [-0.39, 0.29) is 0 Å². The Labute approximate surface area is 121 Å². The van der Waals surface area contributed by atoms with Crippen molar-refractivity contribution in [2.75, 3.05) is 0 Å². The maximum Gasteiger partial charge on any atom is 0.254 e. The maximum atomic E-state index is 11.1. The number of aliphatic hydroxyl groups is 1. The Kier molecular flexibility index (Phi) is 4.59. The van der Waals surface area contributed by atoms with Crippen LogP contribution >= 0.6 is 23.2 Å². The van der Waals surface area contributed by atoms with Gasteiger partial charge in [0.2, 0.25) is 0 Å². The lowest BCUT2D eigenvalue weighted by Gasteiger charge is -2.12. The molecule has 0 aliphatic carbocycles. The van der Waals surface area contributed by atoms with Gasteiger partial charge in [-0.2, -0.15) is 0 Å². The number of carbonyl (C=O) groups excluding carboxylic acids is 1. The first kappa shape index (κ1) is 14.1. The van der Waals surface area contributed by atoms with Gasteiger partial charge in [-0.3, -0.25) is 4.79 Å². The zero-order chi connectivity index (χ0) is 13.8. The highest BCUT2D eigenvalue weighted by Gasteiger charge is 2.18. The average Bonchev–Trinajstić information content (AvgIpc) is 2.46. The first-order valence-electron chi connectivity index (χ1n) is 5.75. The van der Waals surface area contributed by atoms with Crippen molar-refractivity contribution in [1.82, 2.24) is 0 Å². The van der Waals surface area contributed by atoms with Crippen LogP contribution < -0.4 is 0 Å². The lowest BCUT2D eigenvalue weighted by Crippen LogP contribution is -2.06. The van der Waals surface area contributed by atoms with Crippen LogP contribution in [-0.4, -0.2) is 10.3 Å². The van der Waals surface area contributed by atoms with Crippen LogP contribution in [0.25, 0.3) is 11.1 Å². The Bertz CT molecular complexity index is 579. The fourth-order valence-electron chi connectivity index (χ4n) is 1.89. The average molecular weight is 295 g/mol. The van der Waals surface area contributed by atoms with Crippen LogP contribution in [0.4, 0.5) is 0 Å². The number of hydrogen-bond acceptors (Lipinski definition) is 2. The molecule has 1 N–H and O–H groups in total. The minimum Gasteiger partial charge on any atom is -0.379 e. The summed E-state index contributed by atoms with van der Waals surface area (Å²) in [6.07, 6.45) is -1.31. The minimum absolute atomic E-state index is 0.449. The van der Waals surface area contributed by atoms with E-state index in [0.717, 1.165) is 16.7 Å². The SMILES string of the molecule is O=C(Cl)C(O)c1ccccc1-c1ccc(CCl)cc1. The molecule has 1 unspecified atom stereocenters. The van der Waals surface area contributed by atoms with Gasteiger partial charge in [0.15, 0.2) is 6.10 Å². The second kappa shape index (κ2) is 6.20. The normalized spacial score (nSPS) is 12.2. The Morgan fingerprint density at radius 1 is 1.11 bits per heavy atom. The van der Waals surface area contributed by atoms with Crippen molar-refractivity contribution in [3.63, 3.8) is 0 Å². The summed E-state index contributed by atoms with van der Waals surface area (Å²) in [5.41, 5.74) is 3.20. The van der Waals surface area contributed by atoms with E-state index in [9.17, 15) is 9.90 Å². The molecule has 0 spiro atoms. The van der Waals surface area contributed by atoms with Crippen LogP contribution in [0.1, 0.15) is 17.2 Å². The molecule has 19 heavy (non-hydrogen) atoms. The first-order valence-corrected chi connectivity index (χ1v) is 6.66. The minimum atomic E-state index is -1.31. The predicted octanol–water partition coefficient (Wildman–Crippen LogP) is 3.89. The fourth-order valence-corrected chi connectivity index (χ4v) is 2.19. The van der Waals surface area contributed by atoms with Crippen molar-refractivity contribution in [1.29, 1.82) is 0 Å². The summed E-state index contributed by atoms with van der Waals surface area (Å²) in [7, 11) is 0. The van der Waals surface area contributed by atoms with Crippen molar-refractivity contribution < 1.29 is 9.90 Å². The zero-order valence-electron chi connectivity index (χ0n) is 10.0. The van der Waals surface area contributed by atoms with Crippen LogP contribution in [0.2, 0.25) is 0 Å². The zero-order valence-corrected chi connectivity index (χ0v) is 11.5. The highest BCUT2D eigenvalue weighted by Crippen LogP contribution is 2.29. The van der Waals surface area contributed by atoms with Gasteiger partial charge < -0.3 is 5.11 Å². The van der Waals surface area contributed by atoms with E-state index in [1.165, 1.54) is 0 Å². The van der Waals surface area contributed by atoms with E-state index >= 15 is 0 Å². The van der Waals surface area contributed by atoms with Gasteiger partial charge in [-0.05, 0) is 33.9 Å². The monoisotopic (exact) mass is 294 g/mol. The number of benzene rings is 2. The highest BCUT2D eigenvalue weighted by molar-refractivity contribution is 6.64. The van der Waals surface area contributed by atoms with E-state index in [0.29, 0.717) is 11.4 Å². The molecule has 2 nitrogen and oxygen atoms in total. The van der Waals surface area contributed by atoms with Crippen LogP contribution in [0.3, 0.4) is 0 Å². The molecule has 0 fully saturated rings. The van der Waals surface area contributed by atoms with E-state index in [2.05, 4.69) is 0 Å². The second-order valence-electron chi connectivity index (χ2n) is 4.12. The van der Waals surface area contributed by atoms with Gasteiger partial charge in [0.05, 0.1) is 0 Å². The van der Waals surface area contributed by atoms with E-state index < -0.39 is 11.3 Å². The van der Waals surface area contributed by atoms with E-state index in [1.54, 1.807) is 12.1 Å². The van der Waals surface area contributed by atoms with E-state index in [4.69, 9.17) is 23.2 Å². The van der Waals surface area contributed by atoms with E-state index in [1.807, 2.05) is 36.4 Å². The van der Waals surface area contributed by atoms with Crippen LogP contribution in [-0.2, 0) is 10.7 Å². The summed E-state index contributed by atoms with van der Waals surface area (Å²) >= 11 is 11.1. The molecule has 0 aliphatic heterocycles. The molecule has 0 aliphatic rings. The molecule has 4 heteroatoms. The molecule has 2 aromatic carbocycles. The molecule has 98 valence electrons. The molecule has 1 atom stereocenters. The van der Waals surface area contributed by atoms with Gasteiger partial charge >= 0.3 is 0 Å². The number of halogens is 2. The van der Waals surface area contributed by atoms with Crippen LogP contribution in [0, 0.1) is 0 Å². The topological polar surface area (TPSA) is 37.3 Å². The van der Waals surface area contributed by atoms with Crippen molar-refractivity contribution in [2.24, 2.45) is 0 Å². The predicted molar refractivity (Wildman–Crippen MR) is 77.3 cm³/mol. The van der Waals surface area contributed by atoms with Gasteiger partial charge in [0, 0.05) is 5.88 Å². The third kappa shape index (κ3) is 3.16. The Hall–Kier alpha value is -1.35. The summed E-state index contributed by atoms with van der Waals surface area (Å²) in [4.78, 5) is 11.1. The summed E-state index contributed by atoms with van der Waals surface area (Å²) in [5.74, 6) is 0.449. The van der Waals surface area contributed by atoms with Gasteiger partial charge in [-0.25, -0.2) is 0 Å². The van der Waals surface area contributed by atoms with Crippen LogP contribution in [0.15, 0.2) is 48.5 Å². The van der Waals surface area contributed by atoms with Gasteiger partial charge in [0.25, 0.3) is 5.24 Å². The number of carbonyl (C=O) groups is 1. The standard InChI is InChI=1S/C15H12Cl2O2/c16-9-10-5-7-11(8-6-10)12-3-1-2-4-13(12)14(18)15(17)19/h1-8,14,18H,9H2. The lowest BCUT2D eigenvalue weighted by atomic mass is 9.96. The molecule has 0 aromatic heterocycles. The maximum absolute atomic E-state index is 11.1. The lowest BCUT2D eigenvalue weighted by molar-refractivity contribution is -0.119. The molecule has 0 saturated carbocycles. The van der Waals surface area contributed by atoms with Crippen molar-refractivity contribution in [3.05, 3.63) is 59.7 Å². The van der Waals surface area contributed by atoms with Gasteiger partial charge in [-0.15, -0.1) is 11.6 Å². The molecule has 0 saturated heterocycles. The quantitative estimate of drug-likeness (QED) is 0.686. The third-order valence-corrected chi connectivity index (χ3v) is 3.40. The molecule has 0 bridgehead atoms. The summed E-state index contributed by atoms with van der Waals surface area (Å²) in [6.45, 7) is 0. The Morgan fingerprint density at radius 2 is 1.74 bits per heavy atom. The number of aliphatic hydroxyl groups excluding tert-OH is 1. The first-order chi connectivity index (χ1) is 9.13. The number of hydrogen-bond donors (Lipinski definition) is 1. The molecular formula is C15H12Cl2O2. The second-order valence-corrected chi connectivity index (χ2v) is 4.76. The number of alkyl halides is 1. The molecule has 0 radical (unpaired) electrons. The summed E-state index contributed by atoms with van der Waals surface area (Å²) < 4.78 is 0. The summed E-state index contributed by atoms with van der Waals surface area (Å²) in [6, 6.07) is 14.8. The van der Waals surface area contributed by atoms with Crippen LogP contribution in [0.5, 0.6) is 0 Å². The summed E-state index contributed by atoms with van der Waals surface area (Å²) in [5, 5.41) is 9.05. The highest BCUT2D eigenvalue weighted by atomic mass is 35.5. The number of rotatable bonds is 4. The smallest absolute Gasteiger partial charge is 0.254 e. The molecular weight excluding hydrogens is 283 g/mol. The largest absolute Gasteiger partial charge is 0.379 e. The fraction of sp³-hybridized carbons (Fsp3) is 0.133. The van der Waals surface area contributed by atoms with Gasteiger partial charge in [0.1, 0.15) is 0 Å². The molecule has 2 aromatic rings. The van der Waals surface area contributed by atoms with Crippen molar-refractivity contribution >= 4 is 28.4 Å². The molecule has 0 amide bonds. The molecule has 2 rings (SSSR count). The molecule has 0 heterocycles. The van der Waals surface area contributed by atoms with Gasteiger partial charge in [-0.1, -0.05) is 48.5 Å². The Morgan fingerprint density at radius 3 is 2.32 bits per heavy atom. The third-order valence-electron chi connectivity index (χ3n) is 2.89. The Balaban J connectivity index is 2.46. The van der Waals surface area contributed by atoms with Crippen molar-refractivity contribution in [3.8, 4) is 11.1 Å². The van der Waals surface area contributed by atoms with Crippen molar-refractivity contribution in [2.45, 2.75) is 12.0 Å².